The summed E-state index contributed by atoms with van der Waals surface area (Å²) in [6, 6.07) is 4.59. The number of nitrogens with one attached hydrogen (secondary N) is 1. The number of pyridine rings is 1. The van der Waals surface area contributed by atoms with Gasteiger partial charge in [-0.25, -0.2) is 19.3 Å². The maximum atomic E-state index is 13.2. The number of nitrogens with two attached hydrogens (primary N) is 2. The molecule has 2 atom stereocenters. The van der Waals surface area contributed by atoms with Crippen molar-refractivity contribution in [2.75, 3.05) is 17.2 Å². The predicted molar refractivity (Wildman–Crippen MR) is 141 cm³/mol. The van der Waals surface area contributed by atoms with Gasteiger partial charge in [-0.3, -0.25) is 14.5 Å². The minimum absolute atomic E-state index is 0.0340. The summed E-state index contributed by atoms with van der Waals surface area (Å²) in [4.78, 5) is 53.1. The molecule has 196 valence electrons. The second-order valence-electron chi connectivity index (χ2n) is 8.13. The molecule has 0 spiro atoms. The van der Waals surface area contributed by atoms with E-state index in [1.165, 1.54) is 28.0 Å². The lowest BCUT2D eigenvalue weighted by Crippen LogP contribution is -2.71. The molecule has 2 amide bonds. The van der Waals surface area contributed by atoms with Crippen LogP contribution in [0.5, 0.6) is 0 Å². The second-order valence-corrected chi connectivity index (χ2v) is 11.0. The molecule has 0 bridgehead atoms. The average Bonchev–Trinajstić information content (AvgIpc) is 3.52. The number of rotatable bonds is 9. The lowest BCUT2D eigenvalue weighted by molar-refractivity contribution is -0.689. The highest BCUT2D eigenvalue weighted by atomic mass is 32.2. The number of hydrogen-bond donors (Lipinski definition) is 4. The Labute approximate surface area is 227 Å². The maximum Gasteiger partial charge on any atom is 0.352 e. The Kier molecular flexibility index (Phi) is 7.26. The highest BCUT2D eigenvalue weighted by Gasteiger charge is 2.54. The van der Waals surface area contributed by atoms with Crippen molar-refractivity contribution in [3.05, 3.63) is 64.0 Å². The fourth-order valence-corrected chi connectivity index (χ4v) is 6.36. The number of aromatic nitrogens is 3. The standard InChI is InChI=1S/C22H20N8O5S3/c23-21-25-12(9-37-21)7-35-28-14(13-10-38-22(24)26-13)17(31)27-15-18(32)30-16(20(33)34)11(8-36-19(15)30)6-29-4-2-1-3-5-29/h1-5,9-10,15,19H,6-8H2,(H5-,23,24,25,26,27,31,33,34)/p+1/t15?,19-/m0/s1. The second kappa shape index (κ2) is 10.8. The Morgan fingerprint density at radius 3 is 2.58 bits per heavy atom. The van der Waals surface area contributed by atoms with Crippen LogP contribution in [0.25, 0.3) is 0 Å². The van der Waals surface area contributed by atoms with Crippen molar-refractivity contribution in [3.63, 3.8) is 0 Å². The lowest BCUT2D eigenvalue weighted by Gasteiger charge is -2.49. The summed E-state index contributed by atoms with van der Waals surface area (Å²) in [5.74, 6) is -2.05. The molecule has 0 aliphatic carbocycles. The van der Waals surface area contributed by atoms with E-state index in [9.17, 15) is 19.5 Å². The largest absolute Gasteiger partial charge is 0.477 e. The van der Waals surface area contributed by atoms with E-state index in [-0.39, 0.29) is 28.8 Å². The van der Waals surface area contributed by atoms with Crippen LogP contribution < -0.4 is 21.4 Å². The summed E-state index contributed by atoms with van der Waals surface area (Å²) in [5.41, 5.74) is 12.4. The first-order valence-corrected chi connectivity index (χ1v) is 13.9. The summed E-state index contributed by atoms with van der Waals surface area (Å²) < 4.78 is 1.84. The van der Waals surface area contributed by atoms with Crippen LogP contribution >= 0.6 is 34.4 Å². The Morgan fingerprint density at radius 1 is 1.18 bits per heavy atom. The van der Waals surface area contributed by atoms with Gasteiger partial charge in [0.05, 0.1) is 5.69 Å². The van der Waals surface area contributed by atoms with Gasteiger partial charge in [-0.2, -0.15) is 0 Å². The molecule has 1 saturated heterocycles. The van der Waals surface area contributed by atoms with Crippen molar-refractivity contribution in [1.82, 2.24) is 20.2 Å². The molecule has 2 aliphatic rings. The first-order valence-electron chi connectivity index (χ1n) is 11.1. The number of anilines is 2. The van der Waals surface area contributed by atoms with Gasteiger partial charge < -0.3 is 26.7 Å². The van der Waals surface area contributed by atoms with Gasteiger partial charge in [0.15, 0.2) is 41.5 Å². The number of nitrogen functional groups attached to an aromatic ring is 2. The summed E-state index contributed by atoms with van der Waals surface area (Å²) in [5, 5.41) is 19.8. The molecule has 6 N–H and O–H groups in total. The van der Waals surface area contributed by atoms with Gasteiger partial charge >= 0.3 is 5.97 Å². The van der Waals surface area contributed by atoms with Crippen LogP contribution in [0, 0.1) is 0 Å². The zero-order chi connectivity index (χ0) is 26.8. The van der Waals surface area contributed by atoms with E-state index in [2.05, 4.69) is 20.4 Å². The van der Waals surface area contributed by atoms with Crippen LogP contribution in [0.15, 0.2) is 57.8 Å². The molecule has 5 rings (SSSR count). The number of hydrogen-bond acceptors (Lipinski definition) is 12. The minimum atomic E-state index is -1.20. The monoisotopic (exact) mass is 573 g/mol. The van der Waals surface area contributed by atoms with E-state index < -0.39 is 29.2 Å². The zero-order valence-electron chi connectivity index (χ0n) is 19.5. The van der Waals surface area contributed by atoms with Crippen LogP contribution in [-0.4, -0.2) is 60.6 Å². The molecule has 13 nitrogen and oxygen atoms in total. The summed E-state index contributed by atoms with van der Waals surface area (Å²) in [7, 11) is 0. The van der Waals surface area contributed by atoms with Gasteiger partial charge in [-0.1, -0.05) is 11.2 Å². The number of thiazole rings is 2. The summed E-state index contributed by atoms with van der Waals surface area (Å²) in [6.07, 6.45) is 3.64. The van der Waals surface area contributed by atoms with Crippen LogP contribution in [-0.2, 0) is 32.4 Å². The molecular formula is C22H21N8O5S3+. The average molecular weight is 574 g/mol. The molecule has 0 saturated carbocycles. The van der Waals surface area contributed by atoms with E-state index in [1.54, 1.807) is 10.8 Å². The highest BCUT2D eigenvalue weighted by Crippen LogP contribution is 2.40. The third kappa shape index (κ3) is 5.18. The maximum absolute atomic E-state index is 13.2. The lowest BCUT2D eigenvalue weighted by atomic mass is 10.0. The molecule has 1 unspecified atom stereocenters. The molecule has 3 aromatic rings. The first-order chi connectivity index (χ1) is 18.3. The van der Waals surface area contributed by atoms with Gasteiger partial charge in [0.2, 0.25) is 0 Å². The molecule has 2 aliphatic heterocycles. The Bertz CT molecular complexity index is 1450. The number of oxime groups is 1. The van der Waals surface area contributed by atoms with E-state index >= 15 is 0 Å². The first kappa shape index (κ1) is 25.6. The van der Waals surface area contributed by atoms with Gasteiger partial charge in [0.25, 0.3) is 11.8 Å². The number of carbonyl (C=O) groups is 3. The number of β-lactam (4-membered cyclic amide) rings is 1. The van der Waals surface area contributed by atoms with Gasteiger partial charge in [-0.05, 0) is 0 Å². The van der Waals surface area contributed by atoms with Crippen molar-refractivity contribution >= 4 is 68.2 Å². The highest BCUT2D eigenvalue weighted by molar-refractivity contribution is 8.00. The van der Waals surface area contributed by atoms with Gasteiger partial charge in [0.1, 0.15) is 22.8 Å². The van der Waals surface area contributed by atoms with E-state index in [4.69, 9.17) is 16.3 Å². The summed E-state index contributed by atoms with van der Waals surface area (Å²) in [6.45, 7) is 0.292. The van der Waals surface area contributed by atoms with E-state index in [1.807, 2.05) is 35.2 Å². The molecular weight excluding hydrogens is 552 g/mol. The van der Waals surface area contributed by atoms with Crippen molar-refractivity contribution < 1.29 is 28.9 Å². The van der Waals surface area contributed by atoms with Crippen molar-refractivity contribution in [2.45, 2.75) is 24.6 Å². The molecule has 16 heteroatoms. The normalized spacial score (nSPS) is 19.1. The van der Waals surface area contributed by atoms with Crippen LogP contribution in [0.1, 0.15) is 11.4 Å². The third-order valence-corrected chi connectivity index (χ3v) is 8.34. The number of carboxylic acids is 1. The van der Waals surface area contributed by atoms with Crippen molar-refractivity contribution in [1.29, 1.82) is 0 Å². The predicted octanol–water partition coefficient (Wildman–Crippen LogP) is 0.411. The fraction of sp³-hybridized carbons (Fsp3) is 0.227. The fourth-order valence-electron chi connectivity index (χ4n) is 3.93. The van der Waals surface area contributed by atoms with Gasteiger partial charge in [-0.15, -0.1) is 34.4 Å². The molecule has 1 fully saturated rings. The van der Waals surface area contributed by atoms with Gasteiger partial charge in [0, 0.05) is 34.2 Å². The third-order valence-electron chi connectivity index (χ3n) is 5.60. The Morgan fingerprint density at radius 2 is 1.92 bits per heavy atom. The SMILES string of the molecule is Nc1nc(CON=C(C(=O)NC2C(=O)N3C(C(=O)O)=C(C[n+]4ccccc4)CS[C@@H]23)c2csc(N)n2)cs1. The number of aliphatic carboxylic acids is 1. The molecule has 38 heavy (non-hydrogen) atoms. The number of nitrogens with zero attached hydrogens (tertiary/aromatic N) is 5. The molecule has 0 radical (unpaired) electrons. The molecule has 5 heterocycles. The van der Waals surface area contributed by atoms with Crippen LogP contribution in [0.4, 0.5) is 10.3 Å². The number of fused-ring (bicyclic) bond motifs is 1. The van der Waals surface area contributed by atoms with E-state index in [0.29, 0.717) is 28.7 Å². The smallest absolute Gasteiger partial charge is 0.352 e. The Hall–Kier alpha value is -4.02. The number of thioether (sulfide) groups is 1. The van der Waals surface area contributed by atoms with Crippen LogP contribution in [0.3, 0.4) is 0 Å². The van der Waals surface area contributed by atoms with Crippen LogP contribution in [0.2, 0.25) is 0 Å². The zero-order valence-corrected chi connectivity index (χ0v) is 22.0. The molecule has 3 aromatic heterocycles. The molecule has 0 aromatic carbocycles. The summed E-state index contributed by atoms with van der Waals surface area (Å²) >= 11 is 3.73. The number of carbonyl (C=O) groups excluding carboxylic acids is 2. The number of carboxylic acid groups (broad SMARTS) is 1. The van der Waals surface area contributed by atoms with E-state index in [0.717, 1.165) is 11.3 Å². The minimum Gasteiger partial charge on any atom is -0.477 e. The Balaban J connectivity index is 1.32. The van der Waals surface area contributed by atoms with Crippen molar-refractivity contribution in [2.24, 2.45) is 5.16 Å². The topological polar surface area (TPSA) is 190 Å². The van der Waals surface area contributed by atoms with Crippen molar-refractivity contribution in [3.8, 4) is 0 Å². The quantitative estimate of drug-likeness (QED) is 0.121. The number of amides is 2.